The van der Waals surface area contributed by atoms with E-state index in [1.807, 2.05) is 6.20 Å². The third kappa shape index (κ3) is 2.48. The zero-order chi connectivity index (χ0) is 10.8. The van der Waals surface area contributed by atoms with E-state index in [-0.39, 0.29) is 6.04 Å². The Kier molecular flexibility index (Phi) is 2.91. The number of rotatable bonds is 4. The number of aryl methyl sites for hydroxylation is 1. The Hall–Kier alpha value is -1.09. The molecule has 15 heavy (non-hydrogen) atoms. The Balaban J connectivity index is 2.13. The molecule has 3 N–H and O–H groups in total. The molecular formula is C12H19N3. The van der Waals surface area contributed by atoms with Crippen LogP contribution in [0.15, 0.2) is 12.3 Å². The lowest BCUT2D eigenvalue weighted by Crippen LogP contribution is -2.11. The number of nitrogens with two attached hydrogens (primary N) is 1. The van der Waals surface area contributed by atoms with Crippen LogP contribution in [0.4, 0.5) is 5.82 Å². The Morgan fingerprint density at radius 1 is 1.60 bits per heavy atom. The summed E-state index contributed by atoms with van der Waals surface area (Å²) in [5, 5.41) is 3.42. The molecule has 0 bridgehead atoms. The first kappa shape index (κ1) is 10.4. The molecule has 82 valence electrons. The van der Waals surface area contributed by atoms with Crippen molar-refractivity contribution in [2.24, 2.45) is 5.73 Å². The van der Waals surface area contributed by atoms with Crippen molar-refractivity contribution in [2.45, 2.75) is 45.2 Å². The van der Waals surface area contributed by atoms with Gasteiger partial charge in [0.1, 0.15) is 5.82 Å². The Bertz CT molecular complexity index is 345. The van der Waals surface area contributed by atoms with Gasteiger partial charge in [-0.25, -0.2) is 4.98 Å². The molecule has 1 aromatic heterocycles. The summed E-state index contributed by atoms with van der Waals surface area (Å²) < 4.78 is 0. The number of pyridine rings is 1. The normalized spacial score (nSPS) is 17.5. The van der Waals surface area contributed by atoms with Gasteiger partial charge in [-0.1, -0.05) is 6.92 Å². The highest BCUT2D eigenvalue weighted by molar-refractivity contribution is 5.46. The number of aromatic nitrogens is 1. The van der Waals surface area contributed by atoms with Gasteiger partial charge in [0.25, 0.3) is 0 Å². The molecule has 1 fully saturated rings. The maximum absolute atomic E-state index is 5.97. The van der Waals surface area contributed by atoms with Crippen LogP contribution in [0.2, 0.25) is 0 Å². The van der Waals surface area contributed by atoms with Crippen molar-refractivity contribution in [3.8, 4) is 0 Å². The van der Waals surface area contributed by atoms with E-state index in [4.69, 9.17) is 5.73 Å². The van der Waals surface area contributed by atoms with E-state index in [0.717, 1.165) is 17.8 Å². The first-order valence-corrected chi connectivity index (χ1v) is 5.69. The average molecular weight is 205 g/mol. The van der Waals surface area contributed by atoms with E-state index in [2.05, 4.69) is 30.2 Å². The second kappa shape index (κ2) is 4.19. The van der Waals surface area contributed by atoms with Crippen LogP contribution in [0.1, 0.15) is 43.4 Å². The number of nitrogens with one attached hydrogen (secondary N) is 1. The number of anilines is 1. The molecule has 0 spiro atoms. The van der Waals surface area contributed by atoms with Crippen LogP contribution >= 0.6 is 0 Å². The zero-order valence-corrected chi connectivity index (χ0v) is 9.46. The predicted molar refractivity (Wildman–Crippen MR) is 62.8 cm³/mol. The smallest absolute Gasteiger partial charge is 0.129 e. The molecular weight excluding hydrogens is 186 g/mol. The van der Waals surface area contributed by atoms with E-state index < -0.39 is 0 Å². The molecule has 1 atom stereocenters. The summed E-state index contributed by atoms with van der Waals surface area (Å²) in [6.07, 6.45) is 5.40. The maximum atomic E-state index is 5.97. The first-order chi connectivity index (χ1) is 7.20. The van der Waals surface area contributed by atoms with Gasteiger partial charge in [0.05, 0.1) is 0 Å². The van der Waals surface area contributed by atoms with Crippen molar-refractivity contribution in [2.75, 3.05) is 5.32 Å². The second-order valence-electron chi connectivity index (χ2n) is 4.37. The SMILES string of the molecule is CC[C@@H](N)c1cnc(NC2CC2)c(C)c1. The van der Waals surface area contributed by atoms with Crippen LogP contribution in [0.25, 0.3) is 0 Å². The molecule has 1 aromatic rings. The minimum atomic E-state index is 0.117. The molecule has 0 unspecified atom stereocenters. The predicted octanol–water partition coefficient (Wildman–Crippen LogP) is 2.37. The Morgan fingerprint density at radius 3 is 2.87 bits per heavy atom. The molecule has 1 aliphatic carbocycles. The Morgan fingerprint density at radius 2 is 2.33 bits per heavy atom. The van der Waals surface area contributed by atoms with Crippen molar-refractivity contribution in [1.82, 2.24) is 4.98 Å². The van der Waals surface area contributed by atoms with E-state index in [1.54, 1.807) is 0 Å². The van der Waals surface area contributed by atoms with E-state index in [0.29, 0.717) is 6.04 Å². The molecule has 3 nitrogen and oxygen atoms in total. The van der Waals surface area contributed by atoms with Gasteiger partial charge in [-0.3, -0.25) is 0 Å². The van der Waals surface area contributed by atoms with Crippen LogP contribution in [-0.4, -0.2) is 11.0 Å². The van der Waals surface area contributed by atoms with Crippen molar-refractivity contribution in [1.29, 1.82) is 0 Å². The molecule has 0 aliphatic heterocycles. The van der Waals surface area contributed by atoms with E-state index in [1.165, 1.54) is 18.4 Å². The van der Waals surface area contributed by atoms with E-state index >= 15 is 0 Å². The second-order valence-corrected chi connectivity index (χ2v) is 4.37. The molecule has 0 saturated heterocycles. The summed E-state index contributed by atoms with van der Waals surface area (Å²) in [7, 11) is 0. The van der Waals surface area contributed by atoms with Gasteiger partial charge in [0.15, 0.2) is 0 Å². The van der Waals surface area contributed by atoms with Gasteiger partial charge >= 0.3 is 0 Å². The summed E-state index contributed by atoms with van der Waals surface area (Å²) in [5.41, 5.74) is 8.30. The maximum Gasteiger partial charge on any atom is 0.129 e. The summed E-state index contributed by atoms with van der Waals surface area (Å²) in [6, 6.07) is 2.92. The first-order valence-electron chi connectivity index (χ1n) is 5.69. The molecule has 1 aliphatic rings. The fourth-order valence-corrected chi connectivity index (χ4v) is 1.61. The average Bonchev–Trinajstić information content (AvgIpc) is 3.04. The molecule has 1 saturated carbocycles. The Labute approximate surface area is 91.1 Å². The third-order valence-electron chi connectivity index (χ3n) is 2.89. The lowest BCUT2D eigenvalue weighted by Gasteiger charge is -2.12. The molecule has 0 aromatic carbocycles. The van der Waals surface area contributed by atoms with Crippen molar-refractivity contribution in [3.63, 3.8) is 0 Å². The zero-order valence-electron chi connectivity index (χ0n) is 9.46. The van der Waals surface area contributed by atoms with Crippen molar-refractivity contribution in [3.05, 3.63) is 23.4 Å². The highest BCUT2D eigenvalue weighted by Crippen LogP contribution is 2.26. The van der Waals surface area contributed by atoms with Gasteiger partial charge in [-0.2, -0.15) is 0 Å². The summed E-state index contributed by atoms with van der Waals surface area (Å²) in [5.74, 6) is 1.02. The van der Waals surface area contributed by atoms with Crippen LogP contribution in [0.3, 0.4) is 0 Å². The minimum Gasteiger partial charge on any atom is -0.367 e. The van der Waals surface area contributed by atoms with Gasteiger partial charge in [-0.05, 0) is 43.4 Å². The number of hydrogen-bond acceptors (Lipinski definition) is 3. The fraction of sp³-hybridized carbons (Fsp3) is 0.583. The van der Waals surface area contributed by atoms with E-state index in [9.17, 15) is 0 Å². The minimum absolute atomic E-state index is 0.117. The molecule has 0 radical (unpaired) electrons. The van der Waals surface area contributed by atoms with Crippen molar-refractivity contribution >= 4 is 5.82 Å². The topological polar surface area (TPSA) is 50.9 Å². The van der Waals surface area contributed by atoms with Crippen LogP contribution in [-0.2, 0) is 0 Å². The largest absolute Gasteiger partial charge is 0.367 e. The lowest BCUT2D eigenvalue weighted by molar-refractivity contribution is 0.694. The quantitative estimate of drug-likeness (QED) is 0.793. The highest BCUT2D eigenvalue weighted by atomic mass is 15.0. The molecule has 2 rings (SSSR count). The standard InChI is InChI=1S/C12H19N3/c1-3-11(13)9-6-8(2)12(14-7-9)15-10-4-5-10/h6-7,10-11H,3-5,13H2,1-2H3,(H,14,15)/t11-/m1/s1. The highest BCUT2D eigenvalue weighted by Gasteiger charge is 2.22. The monoisotopic (exact) mass is 205 g/mol. The van der Waals surface area contributed by atoms with Gasteiger partial charge in [-0.15, -0.1) is 0 Å². The number of nitrogens with zero attached hydrogens (tertiary/aromatic N) is 1. The lowest BCUT2D eigenvalue weighted by atomic mass is 10.1. The molecule has 0 amide bonds. The van der Waals surface area contributed by atoms with Crippen LogP contribution < -0.4 is 11.1 Å². The molecule has 3 heteroatoms. The third-order valence-corrected chi connectivity index (χ3v) is 2.89. The fourth-order valence-electron chi connectivity index (χ4n) is 1.61. The van der Waals surface area contributed by atoms with Gasteiger partial charge < -0.3 is 11.1 Å². The van der Waals surface area contributed by atoms with Crippen LogP contribution in [0.5, 0.6) is 0 Å². The van der Waals surface area contributed by atoms with Crippen molar-refractivity contribution < 1.29 is 0 Å². The van der Waals surface area contributed by atoms with Crippen LogP contribution in [0, 0.1) is 6.92 Å². The number of hydrogen-bond donors (Lipinski definition) is 2. The van der Waals surface area contributed by atoms with Gasteiger partial charge in [0, 0.05) is 18.3 Å². The summed E-state index contributed by atoms with van der Waals surface area (Å²) in [4.78, 5) is 4.44. The molecule has 1 heterocycles. The summed E-state index contributed by atoms with van der Waals surface area (Å²) in [6.45, 7) is 4.18. The van der Waals surface area contributed by atoms with Gasteiger partial charge in [0.2, 0.25) is 0 Å². The summed E-state index contributed by atoms with van der Waals surface area (Å²) >= 11 is 0.